The van der Waals surface area contributed by atoms with E-state index in [4.69, 9.17) is 17.4 Å². The lowest BCUT2D eigenvalue weighted by Gasteiger charge is -2.16. The molecule has 0 bridgehead atoms. The highest BCUT2D eigenvalue weighted by atomic mass is 127. The summed E-state index contributed by atoms with van der Waals surface area (Å²) in [5.41, 5.74) is 4.75. The van der Waals surface area contributed by atoms with Crippen LogP contribution in [0, 0.1) is 3.57 Å². The Morgan fingerprint density at radius 2 is 2.00 bits per heavy atom. The summed E-state index contributed by atoms with van der Waals surface area (Å²) in [7, 11) is 0. The third kappa shape index (κ3) is 3.41. The van der Waals surface area contributed by atoms with Gasteiger partial charge in [0.25, 0.3) is 0 Å². The van der Waals surface area contributed by atoms with Crippen molar-refractivity contribution in [2.75, 3.05) is 0 Å². The van der Waals surface area contributed by atoms with Crippen molar-refractivity contribution in [2.45, 2.75) is 12.5 Å². The van der Waals surface area contributed by atoms with Gasteiger partial charge >= 0.3 is 0 Å². The Morgan fingerprint density at radius 1 is 1.28 bits per heavy atom. The van der Waals surface area contributed by atoms with Gasteiger partial charge in [-0.25, -0.2) is 0 Å². The number of nitrogens with two attached hydrogens (primary N) is 1. The third-order valence-electron chi connectivity index (χ3n) is 2.67. The Labute approximate surface area is 125 Å². The lowest BCUT2D eigenvalue weighted by atomic mass is 10.0. The van der Waals surface area contributed by atoms with E-state index in [9.17, 15) is 0 Å². The van der Waals surface area contributed by atoms with Crippen LogP contribution in [0.5, 0.6) is 0 Å². The van der Waals surface area contributed by atoms with E-state index in [2.05, 4.69) is 57.3 Å². The predicted octanol–water partition coefficient (Wildman–Crippen LogP) is 3.09. The molecule has 3 nitrogen and oxygen atoms in total. The van der Waals surface area contributed by atoms with Crippen LogP contribution in [0.3, 0.4) is 0 Å². The number of hydrogen-bond acceptors (Lipinski definition) is 3. The summed E-state index contributed by atoms with van der Waals surface area (Å²) in [4.78, 5) is 4.29. The van der Waals surface area contributed by atoms with Crippen molar-refractivity contribution in [3.63, 3.8) is 0 Å². The maximum absolute atomic E-state index is 6.13. The number of aromatic nitrogens is 1. The zero-order chi connectivity index (χ0) is 13.0. The smallest absolute Gasteiger partial charge is 0.0775 e. The first-order chi connectivity index (χ1) is 8.70. The van der Waals surface area contributed by atoms with Crippen molar-refractivity contribution in [1.29, 1.82) is 0 Å². The second-order valence-corrected chi connectivity index (χ2v) is 5.57. The summed E-state index contributed by atoms with van der Waals surface area (Å²) in [6.07, 6.45) is 2.48. The summed E-state index contributed by atoms with van der Waals surface area (Å²) in [6.45, 7) is 0. The summed E-state index contributed by atoms with van der Waals surface area (Å²) >= 11 is 8.41. The van der Waals surface area contributed by atoms with Crippen LogP contribution >= 0.6 is 34.2 Å². The van der Waals surface area contributed by atoms with E-state index in [-0.39, 0.29) is 6.04 Å². The van der Waals surface area contributed by atoms with Gasteiger partial charge in [-0.3, -0.25) is 16.3 Å². The minimum Gasteiger partial charge on any atom is -0.271 e. The van der Waals surface area contributed by atoms with E-state index in [1.54, 1.807) is 6.20 Å². The first-order valence-electron chi connectivity index (χ1n) is 5.51. The summed E-state index contributed by atoms with van der Waals surface area (Å²) in [6, 6.07) is 11.9. The summed E-state index contributed by atoms with van der Waals surface area (Å²) in [5, 5.41) is 0.631. The molecule has 2 rings (SSSR count). The van der Waals surface area contributed by atoms with E-state index < -0.39 is 0 Å². The summed E-state index contributed by atoms with van der Waals surface area (Å²) in [5.74, 6) is 5.60. The number of rotatable bonds is 4. The molecule has 1 atom stereocenters. The molecule has 1 unspecified atom stereocenters. The van der Waals surface area contributed by atoms with Gasteiger partial charge in [-0.2, -0.15) is 0 Å². The molecule has 0 saturated carbocycles. The molecule has 0 aliphatic rings. The first-order valence-corrected chi connectivity index (χ1v) is 6.97. The Morgan fingerprint density at radius 3 is 2.61 bits per heavy atom. The van der Waals surface area contributed by atoms with Gasteiger partial charge in [0.15, 0.2) is 0 Å². The molecular weight excluding hydrogens is 361 g/mol. The average Bonchev–Trinajstić information content (AvgIpc) is 2.39. The van der Waals surface area contributed by atoms with E-state index in [1.807, 2.05) is 12.1 Å². The molecule has 0 aliphatic heterocycles. The monoisotopic (exact) mass is 373 g/mol. The quantitative estimate of drug-likeness (QED) is 0.492. The van der Waals surface area contributed by atoms with Crippen LogP contribution in [0.1, 0.15) is 17.3 Å². The van der Waals surface area contributed by atoms with E-state index in [0.29, 0.717) is 5.02 Å². The molecule has 0 amide bonds. The van der Waals surface area contributed by atoms with E-state index >= 15 is 0 Å². The molecule has 94 valence electrons. The van der Waals surface area contributed by atoms with Crippen molar-refractivity contribution < 1.29 is 0 Å². The Bertz CT molecular complexity index is 516. The van der Waals surface area contributed by atoms with Gasteiger partial charge in [-0.1, -0.05) is 23.7 Å². The van der Waals surface area contributed by atoms with Gasteiger partial charge in [0.05, 0.1) is 16.8 Å². The largest absolute Gasteiger partial charge is 0.271 e. The van der Waals surface area contributed by atoms with Crippen molar-refractivity contribution in [3.05, 3.63) is 62.4 Å². The molecule has 3 N–H and O–H groups in total. The highest BCUT2D eigenvalue weighted by Gasteiger charge is 2.15. The van der Waals surface area contributed by atoms with Crippen molar-refractivity contribution in [3.8, 4) is 0 Å². The second kappa shape index (κ2) is 6.47. The number of nitrogens with one attached hydrogen (secondary N) is 1. The molecule has 0 aliphatic carbocycles. The number of hydrazine groups is 1. The highest BCUT2D eigenvalue weighted by molar-refractivity contribution is 14.1. The normalized spacial score (nSPS) is 12.4. The minimum atomic E-state index is -0.0845. The van der Waals surface area contributed by atoms with Crippen molar-refractivity contribution in [2.24, 2.45) is 5.84 Å². The first kappa shape index (κ1) is 13.7. The number of halogens is 2. The molecule has 0 saturated heterocycles. The molecule has 2 aromatic rings. The van der Waals surface area contributed by atoms with Gasteiger partial charge in [0.1, 0.15) is 0 Å². The SMILES string of the molecule is NNC(Cc1ccc(I)cc1)c1ncccc1Cl. The van der Waals surface area contributed by atoms with Crippen molar-refractivity contribution >= 4 is 34.2 Å². The lowest BCUT2D eigenvalue weighted by molar-refractivity contribution is 0.538. The highest BCUT2D eigenvalue weighted by Crippen LogP contribution is 2.23. The number of benzene rings is 1. The van der Waals surface area contributed by atoms with Crippen LogP contribution in [0.15, 0.2) is 42.6 Å². The van der Waals surface area contributed by atoms with E-state index in [0.717, 1.165) is 12.1 Å². The predicted molar refractivity (Wildman–Crippen MR) is 82.2 cm³/mol. The fourth-order valence-electron chi connectivity index (χ4n) is 1.75. The molecule has 1 heterocycles. The third-order valence-corrected chi connectivity index (χ3v) is 3.71. The van der Waals surface area contributed by atoms with Gasteiger partial charge in [-0.05, 0) is 58.8 Å². The average molecular weight is 374 g/mol. The van der Waals surface area contributed by atoms with Crippen LogP contribution in [-0.4, -0.2) is 4.98 Å². The molecular formula is C13H13ClIN3. The van der Waals surface area contributed by atoms with Gasteiger partial charge < -0.3 is 0 Å². The number of pyridine rings is 1. The van der Waals surface area contributed by atoms with Crippen LogP contribution in [0.25, 0.3) is 0 Å². The summed E-state index contributed by atoms with van der Waals surface area (Å²) < 4.78 is 1.21. The van der Waals surface area contributed by atoms with Gasteiger partial charge in [0.2, 0.25) is 0 Å². The van der Waals surface area contributed by atoms with Crippen LogP contribution in [-0.2, 0) is 6.42 Å². The molecule has 0 fully saturated rings. The number of nitrogens with zero attached hydrogens (tertiary/aromatic N) is 1. The topological polar surface area (TPSA) is 50.9 Å². The molecule has 1 aromatic heterocycles. The molecule has 0 spiro atoms. The molecule has 18 heavy (non-hydrogen) atoms. The maximum atomic E-state index is 6.13. The fraction of sp³-hybridized carbons (Fsp3) is 0.154. The Balaban J connectivity index is 2.20. The standard InChI is InChI=1S/C13H13ClIN3/c14-11-2-1-7-17-13(11)12(18-16)8-9-3-5-10(15)6-4-9/h1-7,12,18H,8,16H2. The van der Waals surface area contributed by atoms with Gasteiger partial charge in [0, 0.05) is 9.77 Å². The molecule has 1 aromatic carbocycles. The minimum absolute atomic E-state index is 0.0845. The Kier molecular flexibility index (Phi) is 4.94. The number of hydrogen-bond donors (Lipinski definition) is 2. The second-order valence-electron chi connectivity index (χ2n) is 3.92. The van der Waals surface area contributed by atoms with Crippen LogP contribution in [0.2, 0.25) is 5.02 Å². The van der Waals surface area contributed by atoms with Crippen LogP contribution in [0.4, 0.5) is 0 Å². The van der Waals surface area contributed by atoms with E-state index in [1.165, 1.54) is 9.13 Å². The van der Waals surface area contributed by atoms with Crippen molar-refractivity contribution in [1.82, 2.24) is 10.4 Å². The molecule has 5 heteroatoms. The fourth-order valence-corrected chi connectivity index (χ4v) is 2.36. The lowest BCUT2D eigenvalue weighted by Crippen LogP contribution is -2.30. The molecule has 0 radical (unpaired) electrons. The van der Waals surface area contributed by atoms with Crippen LogP contribution < -0.4 is 11.3 Å². The maximum Gasteiger partial charge on any atom is 0.0775 e. The zero-order valence-corrected chi connectivity index (χ0v) is 12.5. The zero-order valence-electron chi connectivity index (χ0n) is 9.61. The Hall–Kier alpha value is -0.690. The van der Waals surface area contributed by atoms with Gasteiger partial charge in [-0.15, -0.1) is 0 Å².